The summed E-state index contributed by atoms with van der Waals surface area (Å²) < 4.78 is 0. The molecule has 0 aliphatic heterocycles. The maximum atomic E-state index is 3.90. The van der Waals surface area contributed by atoms with E-state index in [0.29, 0.717) is 0 Å². The highest BCUT2D eigenvalue weighted by Gasteiger charge is 1.94. The number of benzene rings is 1. The first kappa shape index (κ1) is 10.8. The number of hydrogen-bond acceptors (Lipinski definition) is 0. The molecule has 0 radical (unpaired) electrons. The fourth-order valence-corrected chi connectivity index (χ4v) is 1.35. The molecular formula is C14H18. The van der Waals surface area contributed by atoms with Gasteiger partial charge in [0, 0.05) is 0 Å². The molecule has 1 rings (SSSR count). The molecule has 0 N–H and O–H groups in total. The van der Waals surface area contributed by atoms with E-state index in [-0.39, 0.29) is 0 Å². The molecule has 74 valence electrons. The number of allylic oxidation sites excluding steroid dienone is 2. The molecule has 0 amide bonds. The molecule has 0 bridgehead atoms. The summed E-state index contributed by atoms with van der Waals surface area (Å²) in [4.78, 5) is 0. The SMILES string of the molecule is C=CC(=C)CCc1ccc(CC)cc1. The Hall–Kier alpha value is -1.30. The van der Waals surface area contributed by atoms with E-state index in [1.54, 1.807) is 0 Å². The van der Waals surface area contributed by atoms with Crippen LogP contribution in [0.5, 0.6) is 0 Å². The Labute approximate surface area is 87.0 Å². The molecular weight excluding hydrogens is 168 g/mol. The van der Waals surface area contributed by atoms with Gasteiger partial charge < -0.3 is 0 Å². The summed E-state index contributed by atoms with van der Waals surface area (Å²) in [5, 5.41) is 0. The molecule has 1 aromatic carbocycles. The summed E-state index contributed by atoms with van der Waals surface area (Å²) in [5.74, 6) is 0. The van der Waals surface area contributed by atoms with E-state index in [4.69, 9.17) is 0 Å². The molecule has 0 saturated heterocycles. The summed E-state index contributed by atoms with van der Waals surface area (Å²) in [7, 11) is 0. The normalized spacial score (nSPS) is 9.79. The smallest absolute Gasteiger partial charge is 0.0238 e. The highest BCUT2D eigenvalue weighted by molar-refractivity contribution is 5.24. The van der Waals surface area contributed by atoms with Gasteiger partial charge in [0.1, 0.15) is 0 Å². The van der Waals surface area contributed by atoms with Gasteiger partial charge in [0.15, 0.2) is 0 Å². The Morgan fingerprint density at radius 1 is 1.21 bits per heavy atom. The lowest BCUT2D eigenvalue weighted by molar-refractivity contribution is 0.966. The van der Waals surface area contributed by atoms with Crippen molar-refractivity contribution in [3.05, 3.63) is 60.2 Å². The Bertz CT molecular complexity index is 303. The fraction of sp³-hybridized carbons (Fsp3) is 0.286. The average molecular weight is 186 g/mol. The van der Waals surface area contributed by atoms with E-state index in [0.717, 1.165) is 24.8 Å². The van der Waals surface area contributed by atoms with Gasteiger partial charge in [0.2, 0.25) is 0 Å². The van der Waals surface area contributed by atoms with Crippen molar-refractivity contribution in [2.45, 2.75) is 26.2 Å². The minimum Gasteiger partial charge on any atom is -0.0988 e. The van der Waals surface area contributed by atoms with Crippen molar-refractivity contribution < 1.29 is 0 Å². The average Bonchev–Trinajstić information content (AvgIpc) is 2.26. The summed E-state index contributed by atoms with van der Waals surface area (Å²) in [5.41, 5.74) is 3.89. The minimum atomic E-state index is 1.01. The third kappa shape index (κ3) is 3.21. The summed E-state index contributed by atoms with van der Waals surface area (Å²) in [6.07, 6.45) is 5.02. The molecule has 1 aromatic rings. The van der Waals surface area contributed by atoms with Gasteiger partial charge in [-0.2, -0.15) is 0 Å². The van der Waals surface area contributed by atoms with Crippen molar-refractivity contribution in [3.63, 3.8) is 0 Å². The van der Waals surface area contributed by atoms with E-state index < -0.39 is 0 Å². The molecule has 0 aliphatic rings. The zero-order valence-electron chi connectivity index (χ0n) is 8.92. The third-order valence-electron chi connectivity index (χ3n) is 2.45. The Balaban J connectivity index is 2.51. The molecule has 14 heavy (non-hydrogen) atoms. The lowest BCUT2D eigenvalue weighted by Crippen LogP contribution is -1.87. The van der Waals surface area contributed by atoms with Crippen LogP contribution >= 0.6 is 0 Å². The number of aryl methyl sites for hydroxylation is 2. The first-order chi connectivity index (χ1) is 6.76. The first-order valence-corrected chi connectivity index (χ1v) is 5.14. The molecule has 0 heterocycles. The molecule has 0 atom stereocenters. The first-order valence-electron chi connectivity index (χ1n) is 5.14. The second kappa shape index (κ2) is 5.43. The van der Waals surface area contributed by atoms with E-state index in [1.165, 1.54) is 11.1 Å². The van der Waals surface area contributed by atoms with Crippen molar-refractivity contribution in [1.82, 2.24) is 0 Å². The molecule has 0 fully saturated rings. The number of rotatable bonds is 5. The highest BCUT2D eigenvalue weighted by atomic mass is 14.0. The van der Waals surface area contributed by atoms with Crippen LogP contribution in [-0.4, -0.2) is 0 Å². The third-order valence-corrected chi connectivity index (χ3v) is 2.45. The zero-order chi connectivity index (χ0) is 10.4. The van der Waals surface area contributed by atoms with Crippen LogP contribution in [0.3, 0.4) is 0 Å². The predicted molar refractivity (Wildman–Crippen MR) is 63.5 cm³/mol. The van der Waals surface area contributed by atoms with Crippen LogP contribution in [0.25, 0.3) is 0 Å². The topological polar surface area (TPSA) is 0 Å². The van der Waals surface area contributed by atoms with Gasteiger partial charge in [-0.15, -0.1) is 0 Å². The molecule has 0 heteroatoms. The predicted octanol–water partition coefficient (Wildman–Crippen LogP) is 3.92. The van der Waals surface area contributed by atoms with Gasteiger partial charge in [-0.1, -0.05) is 56.0 Å². The maximum absolute atomic E-state index is 3.90. The fourth-order valence-electron chi connectivity index (χ4n) is 1.35. The standard InChI is InChI=1S/C14H18/c1-4-12(3)6-7-14-10-8-13(5-2)9-11-14/h4,8-11H,1,3,5-7H2,2H3. The van der Waals surface area contributed by atoms with Crippen LogP contribution in [0, 0.1) is 0 Å². The molecule has 0 saturated carbocycles. The Kier molecular flexibility index (Phi) is 4.18. The number of hydrogen-bond donors (Lipinski definition) is 0. The molecule has 0 aliphatic carbocycles. The van der Waals surface area contributed by atoms with Crippen molar-refractivity contribution in [3.8, 4) is 0 Å². The zero-order valence-corrected chi connectivity index (χ0v) is 8.92. The quantitative estimate of drug-likeness (QED) is 0.611. The van der Waals surface area contributed by atoms with Gasteiger partial charge >= 0.3 is 0 Å². The van der Waals surface area contributed by atoms with Gasteiger partial charge in [0.25, 0.3) is 0 Å². The van der Waals surface area contributed by atoms with Crippen molar-refractivity contribution in [2.75, 3.05) is 0 Å². The van der Waals surface area contributed by atoms with Crippen LogP contribution in [0.4, 0.5) is 0 Å². The van der Waals surface area contributed by atoms with Crippen molar-refractivity contribution >= 4 is 0 Å². The molecule has 0 nitrogen and oxygen atoms in total. The van der Waals surface area contributed by atoms with Crippen molar-refractivity contribution in [2.24, 2.45) is 0 Å². The van der Waals surface area contributed by atoms with Crippen molar-refractivity contribution in [1.29, 1.82) is 0 Å². The molecule has 0 spiro atoms. The monoisotopic (exact) mass is 186 g/mol. The maximum Gasteiger partial charge on any atom is -0.0238 e. The summed E-state index contributed by atoms with van der Waals surface area (Å²) in [6.45, 7) is 9.78. The largest absolute Gasteiger partial charge is 0.0988 e. The van der Waals surface area contributed by atoms with Crippen LogP contribution in [0.15, 0.2) is 49.1 Å². The van der Waals surface area contributed by atoms with Gasteiger partial charge in [-0.3, -0.25) is 0 Å². The Morgan fingerprint density at radius 2 is 1.79 bits per heavy atom. The van der Waals surface area contributed by atoms with E-state index in [1.807, 2.05) is 6.08 Å². The highest BCUT2D eigenvalue weighted by Crippen LogP contribution is 2.10. The Morgan fingerprint density at radius 3 is 2.29 bits per heavy atom. The van der Waals surface area contributed by atoms with E-state index in [2.05, 4.69) is 44.3 Å². The lowest BCUT2D eigenvalue weighted by atomic mass is 10.0. The van der Waals surface area contributed by atoms with Crippen LogP contribution in [0.2, 0.25) is 0 Å². The molecule has 0 unspecified atom stereocenters. The summed E-state index contributed by atoms with van der Waals surface area (Å²) >= 11 is 0. The summed E-state index contributed by atoms with van der Waals surface area (Å²) in [6, 6.07) is 8.81. The van der Waals surface area contributed by atoms with Gasteiger partial charge in [-0.05, 0) is 30.4 Å². The van der Waals surface area contributed by atoms with Crippen LogP contribution in [-0.2, 0) is 12.8 Å². The van der Waals surface area contributed by atoms with Gasteiger partial charge in [0.05, 0.1) is 0 Å². The van der Waals surface area contributed by atoms with E-state index in [9.17, 15) is 0 Å². The van der Waals surface area contributed by atoms with Crippen LogP contribution in [0.1, 0.15) is 24.5 Å². The lowest BCUT2D eigenvalue weighted by Gasteiger charge is -2.02. The second-order valence-electron chi connectivity index (χ2n) is 3.53. The second-order valence-corrected chi connectivity index (χ2v) is 3.53. The molecule has 0 aromatic heterocycles. The van der Waals surface area contributed by atoms with Crippen LogP contribution < -0.4 is 0 Å². The minimum absolute atomic E-state index is 1.01. The van der Waals surface area contributed by atoms with Gasteiger partial charge in [-0.25, -0.2) is 0 Å². The van der Waals surface area contributed by atoms with E-state index >= 15 is 0 Å².